The van der Waals surface area contributed by atoms with Crippen LogP contribution in [0.1, 0.15) is 23.7 Å². The molecule has 2 N–H and O–H groups in total. The molecule has 0 saturated carbocycles. The Balaban J connectivity index is 2.33. The monoisotopic (exact) mass is 272 g/mol. The first kappa shape index (κ1) is 14.1. The second-order valence-corrected chi connectivity index (χ2v) is 4.56. The van der Waals surface area contributed by atoms with E-state index in [1.807, 2.05) is 19.1 Å². The van der Waals surface area contributed by atoms with Crippen LogP contribution in [0.4, 0.5) is 15.8 Å². The topological polar surface area (TPSA) is 46.3 Å². The van der Waals surface area contributed by atoms with Gasteiger partial charge in [-0.25, -0.2) is 4.39 Å². The zero-order chi connectivity index (χ0) is 14.5. The normalized spacial score (nSPS) is 10.3. The van der Waals surface area contributed by atoms with Gasteiger partial charge in [0.05, 0.1) is 0 Å². The summed E-state index contributed by atoms with van der Waals surface area (Å²) < 4.78 is 12.9. The average Bonchev–Trinajstić information content (AvgIpc) is 2.45. The molecule has 4 heteroatoms. The highest BCUT2D eigenvalue weighted by Crippen LogP contribution is 2.20. The number of benzene rings is 2. The van der Waals surface area contributed by atoms with Gasteiger partial charge in [-0.05, 0) is 48.9 Å². The fraction of sp³-hybridized carbons (Fsp3) is 0.188. The Morgan fingerprint density at radius 3 is 2.50 bits per heavy atom. The Morgan fingerprint density at radius 2 is 1.90 bits per heavy atom. The molecule has 2 rings (SSSR count). The third-order valence-electron chi connectivity index (χ3n) is 2.97. The minimum absolute atomic E-state index is 0.155. The van der Waals surface area contributed by atoms with Gasteiger partial charge in [0.15, 0.2) is 0 Å². The lowest BCUT2D eigenvalue weighted by atomic mass is 10.1. The molecule has 0 bridgehead atoms. The fourth-order valence-corrected chi connectivity index (χ4v) is 2.01. The van der Waals surface area contributed by atoms with E-state index in [1.165, 1.54) is 24.3 Å². The third kappa shape index (κ3) is 3.15. The molecule has 104 valence electrons. The molecule has 1 amide bonds. The highest BCUT2D eigenvalue weighted by atomic mass is 19.1. The Hall–Kier alpha value is -2.36. The van der Waals surface area contributed by atoms with Crippen molar-refractivity contribution in [2.45, 2.75) is 13.3 Å². The van der Waals surface area contributed by atoms with E-state index in [0.29, 0.717) is 17.8 Å². The maximum Gasteiger partial charge on any atom is 0.258 e. The summed E-state index contributed by atoms with van der Waals surface area (Å²) in [5.74, 6) is -0.509. The molecule has 0 unspecified atom stereocenters. The van der Waals surface area contributed by atoms with E-state index >= 15 is 0 Å². The Morgan fingerprint density at radius 1 is 1.20 bits per heavy atom. The van der Waals surface area contributed by atoms with E-state index < -0.39 is 0 Å². The first-order valence-electron chi connectivity index (χ1n) is 6.55. The molecule has 0 aliphatic heterocycles. The van der Waals surface area contributed by atoms with Crippen LogP contribution >= 0.6 is 0 Å². The van der Waals surface area contributed by atoms with Gasteiger partial charge in [-0.15, -0.1) is 0 Å². The number of rotatable bonds is 4. The molecular weight excluding hydrogens is 255 g/mol. The maximum atomic E-state index is 12.9. The van der Waals surface area contributed by atoms with Crippen molar-refractivity contribution in [3.8, 4) is 0 Å². The van der Waals surface area contributed by atoms with Crippen molar-refractivity contribution >= 4 is 17.3 Å². The first-order chi connectivity index (χ1) is 9.61. The molecular formula is C16H17FN2O. The zero-order valence-electron chi connectivity index (χ0n) is 11.3. The van der Waals surface area contributed by atoms with Gasteiger partial charge in [-0.2, -0.15) is 0 Å². The van der Waals surface area contributed by atoms with Crippen molar-refractivity contribution in [3.63, 3.8) is 0 Å². The number of nitrogen functional groups attached to an aromatic ring is 1. The van der Waals surface area contributed by atoms with Crippen molar-refractivity contribution < 1.29 is 9.18 Å². The Bertz CT molecular complexity index is 596. The van der Waals surface area contributed by atoms with Gasteiger partial charge in [0.25, 0.3) is 5.91 Å². The van der Waals surface area contributed by atoms with Gasteiger partial charge in [-0.3, -0.25) is 4.79 Å². The minimum atomic E-state index is -0.354. The Kier molecular flexibility index (Phi) is 4.35. The van der Waals surface area contributed by atoms with Crippen molar-refractivity contribution in [2.75, 3.05) is 17.2 Å². The zero-order valence-corrected chi connectivity index (χ0v) is 11.3. The summed E-state index contributed by atoms with van der Waals surface area (Å²) in [6, 6.07) is 12.7. The standard InChI is InChI=1S/C16H17FN2O/c1-2-10-19(15-5-3-4-14(18)11-15)16(20)12-6-8-13(17)9-7-12/h3-9,11H,2,10,18H2,1H3. The molecule has 0 saturated heterocycles. The summed E-state index contributed by atoms with van der Waals surface area (Å²) >= 11 is 0. The van der Waals surface area contributed by atoms with E-state index in [-0.39, 0.29) is 11.7 Å². The van der Waals surface area contributed by atoms with Gasteiger partial charge in [0.2, 0.25) is 0 Å². The Labute approximate surface area is 117 Å². The van der Waals surface area contributed by atoms with Crippen molar-refractivity contribution in [3.05, 3.63) is 59.9 Å². The highest BCUT2D eigenvalue weighted by molar-refractivity contribution is 6.06. The van der Waals surface area contributed by atoms with Crippen LogP contribution in [-0.4, -0.2) is 12.5 Å². The number of anilines is 2. The molecule has 2 aromatic rings. The van der Waals surface area contributed by atoms with Gasteiger partial charge in [-0.1, -0.05) is 13.0 Å². The van der Waals surface area contributed by atoms with Crippen LogP contribution in [0, 0.1) is 5.82 Å². The van der Waals surface area contributed by atoms with Crippen molar-refractivity contribution in [1.82, 2.24) is 0 Å². The van der Waals surface area contributed by atoms with Crippen molar-refractivity contribution in [1.29, 1.82) is 0 Å². The summed E-state index contributed by atoms with van der Waals surface area (Å²) in [5.41, 5.74) is 7.58. The lowest BCUT2D eigenvalue weighted by molar-refractivity contribution is 0.0987. The number of nitrogens with zero attached hydrogens (tertiary/aromatic N) is 1. The minimum Gasteiger partial charge on any atom is -0.399 e. The fourth-order valence-electron chi connectivity index (χ4n) is 2.01. The van der Waals surface area contributed by atoms with Crippen LogP contribution in [-0.2, 0) is 0 Å². The van der Waals surface area contributed by atoms with Crippen LogP contribution < -0.4 is 10.6 Å². The van der Waals surface area contributed by atoms with Gasteiger partial charge >= 0.3 is 0 Å². The van der Waals surface area contributed by atoms with Crippen molar-refractivity contribution in [2.24, 2.45) is 0 Å². The molecule has 0 radical (unpaired) electrons. The second kappa shape index (κ2) is 6.19. The van der Waals surface area contributed by atoms with E-state index in [0.717, 1.165) is 12.1 Å². The summed E-state index contributed by atoms with van der Waals surface area (Å²) in [7, 11) is 0. The molecule has 2 aromatic carbocycles. The van der Waals surface area contributed by atoms with Crippen LogP contribution in [0.5, 0.6) is 0 Å². The smallest absolute Gasteiger partial charge is 0.258 e. The van der Waals surface area contributed by atoms with Gasteiger partial charge in [0.1, 0.15) is 5.82 Å². The lowest BCUT2D eigenvalue weighted by Crippen LogP contribution is -2.31. The number of carbonyl (C=O) groups excluding carboxylic acids is 1. The summed E-state index contributed by atoms with van der Waals surface area (Å²) in [4.78, 5) is 14.2. The molecule has 0 fully saturated rings. The number of hydrogen-bond acceptors (Lipinski definition) is 2. The molecule has 0 atom stereocenters. The molecule has 0 spiro atoms. The summed E-state index contributed by atoms with van der Waals surface area (Å²) in [6.07, 6.45) is 0.821. The molecule has 20 heavy (non-hydrogen) atoms. The summed E-state index contributed by atoms with van der Waals surface area (Å²) in [6.45, 7) is 2.58. The SMILES string of the molecule is CCCN(C(=O)c1ccc(F)cc1)c1cccc(N)c1. The van der Waals surface area contributed by atoms with Gasteiger partial charge in [0, 0.05) is 23.5 Å². The van der Waals surface area contributed by atoms with Crippen LogP contribution in [0.2, 0.25) is 0 Å². The largest absolute Gasteiger partial charge is 0.399 e. The quantitative estimate of drug-likeness (QED) is 0.866. The van der Waals surface area contributed by atoms with Crippen LogP contribution in [0.3, 0.4) is 0 Å². The van der Waals surface area contributed by atoms with Gasteiger partial charge < -0.3 is 10.6 Å². The molecule has 0 aromatic heterocycles. The van der Waals surface area contributed by atoms with E-state index in [4.69, 9.17) is 5.73 Å². The number of amides is 1. The van der Waals surface area contributed by atoms with E-state index in [2.05, 4.69) is 0 Å². The number of nitrogens with two attached hydrogens (primary N) is 1. The molecule has 0 aliphatic carbocycles. The number of halogens is 1. The second-order valence-electron chi connectivity index (χ2n) is 4.56. The average molecular weight is 272 g/mol. The third-order valence-corrected chi connectivity index (χ3v) is 2.97. The van der Waals surface area contributed by atoms with Crippen LogP contribution in [0.25, 0.3) is 0 Å². The van der Waals surface area contributed by atoms with E-state index in [1.54, 1.807) is 17.0 Å². The molecule has 0 aliphatic rings. The summed E-state index contributed by atoms with van der Waals surface area (Å²) in [5, 5.41) is 0. The number of hydrogen-bond donors (Lipinski definition) is 1. The predicted molar refractivity (Wildman–Crippen MR) is 79.2 cm³/mol. The first-order valence-corrected chi connectivity index (χ1v) is 6.55. The molecule has 0 heterocycles. The number of carbonyl (C=O) groups is 1. The van der Waals surface area contributed by atoms with Crippen LogP contribution in [0.15, 0.2) is 48.5 Å². The lowest BCUT2D eigenvalue weighted by Gasteiger charge is -2.22. The highest BCUT2D eigenvalue weighted by Gasteiger charge is 2.17. The maximum absolute atomic E-state index is 12.9. The van der Waals surface area contributed by atoms with E-state index in [9.17, 15) is 9.18 Å². The predicted octanol–water partition coefficient (Wildman–Crippen LogP) is 3.46. The molecule has 3 nitrogen and oxygen atoms in total.